The van der Waals surface area contributed by atoms with Crippen molar-refractivity contribution in [3.8, 4) is 0 Å². The van der Waals surface area contributed by atoms with E-state index in [0.717, 1.165) is 26.2 Å². The standard InChI is InChI=1S/C23H31N3O/c1-17(2)26(19(4)27)15-21-14-25(13-20-9-11-24-12-10-20)16-23(21)22-8-6-5-7-18(22)3/h5-12,17,21,23H,13-16H2,1-4H3. The zero-order valence-corrected chi connectivity index (χ0v) is 16.9. The number of pyridine rings is 1. The van der Waals surface area contributed by atoms with E-state index in [1.54, 1.807) is 6.92 Å². The van der Waals surface area contributed by atoms with Crippen molar-refractivity contribution in [2.75, 3.05) is 19.6 Å². The number of rotatable bonds is 6. The number of hydrogen-bond acceptors (Lipinski definition) is 3. The second kappa shape index (κ2) is 8.66. The molecule has 2 aromatic rings. The van der Waals surface area contributed by atoms with Crippen molar-refractivity contribution in [3.63, 3.8) is 0 Å². The normalized spacial score (nSPS) is 20.2. The molecule has 0 radical (unpaired) electrons. The summed E-state index contributed by atoms with van der Waals surface area (Å²) in [6.07, 6.45) is 3.72. The number of carbonyl (C=O) groups excluding carboxylic acids is 1. The Balaban J connectivity index is 1.83. The Bertz CT molecular complexity index is 759. The molecule has 1 aromatic carbocycles. The van der Waals surface area contributed by atoms with E-state index >= 15 is 0 Å². The summed E-state index contributed by atoms with van der Waals surface area (Å²) in [5.41, 5.74) is 4.06. The summed E-state index contributed by atoms with van der Waals surface area (Å²) in [5.74, 6) is 1.06. The van der Waals surface area contributed by atoms with Gasteiger partial charge in [0.05, 0.1) is 0 Å². The molecule has 2 heterocycles. The SMILES string of the molecule is CC(=O)N(CC1CN(Cc2ccncc2)CC1c1ccccc1C)C(C)C. The number of benzene rings is 1. The third-order valence-electron chi connectivity index (χ3n) is 5.72. The average molecular weight is 366 g/mol. The van der Waals surface area contributed by atoms with Crippen molar-refractivity contribution in [2.24, 2.45) is 5.92 Å². The number of amides is 1. The lowest BCUT2D eigenvalue weighted by atomic mass is 9.86. The third kappa shape index (κ3) is 4.75. The molecule has 0 spiro atoms. The van der Waals surface area contributed by atoms with Crippen molar-refractivity contribution >= 4 is 5.91 Å². The van der Waals surface area contributed by atoms with E-state index in [1.165, 1.54) is 16.7 Å². The summed E-state index contributed by atoms with van der Waals surface area (Å²) in [6.45, 7) is 11.9. The van der Waals surface area contributed by atoms with E-state index in [-0.39, 0.29) is 11.9 Å². The molecule has 27 heavy (non-hydrogen) atoms. The first-order valence-electron chi connectivity index (χ1n) is 9.89. The maximum atomic E-state index is 12.2. The Morgan fingerprint density at radius 1 is 1.19 bits per heavy atom. The molecule has 1 aliphatic heterocycles. The molecule has 2 unspecified atom stereocenters. The molecular weight excluding hydrogens is 334 g/mol. The lowest BCUT2D eigenvalue weighted by Crippen LogP contribution is -2.40. The molecular formula is C23H31N3O. The van der Waals surface area contributed by atoms with Crippen molar-refractivity contribution in [1.82, 2.24) is 14.8 Å². The minimum atomic E-state index is 0.168. The number of aryl methyl sites for hydroxylation is 1. The highest BCUT2D eigenvalue weighted by Gasteiger charge is 2.36. The molecule has 0 bridgehead atoms. The number of hydrogen-bond donors (Lipinski definition) is 0. The minimum absolute atomic E-state index is 0.168. The molecule has 2 atom stereocenters. The van der Waals surface area contributed by atoms with Gasteiger partial charge in [-0.05, 0) is 55.5 Å². The van der Waals surface area contributed by atoms with Crippen LogP contribution in [0.1, 0.15) is 43.4 Å². The maximum absolute atomic E-state index is 12.2. The van der Waals surface area contributed by atoms with E-state index < -0.39 is 0 Å². The van der Waals surface area contributed by atoms with Gasteiger partial charge in [-0.3, -0.25) is 14.7 Å². The Morgan fingerprint density at radius 3 is 2.52 bits per heavy atom. The quantitative estimate of drug-likeness (QED) is 0.780. The summed E-state index contributed by atoms with van der Waals surface area (Å²) in [5, 5.41) is 0. The van der Waals surface area contributed by atoms with Gasteiger partial charge in [-0.15, -0.1) is 0 Å². The Morgan fingerprint density at radius 2 is 1.89 bits per heavy atom. The molecule has 144 valence electrons. The predicted octanol–water partition coefficient (Wildman–Crippen LogP) is 3.86. The number of carbonyl (C=O) groups is 1. The van der Waals surface area contributed by atoms with Crippen LogP contribution in [0, 0.1) is 12.8 Å². The highest BCUT2D eigenvalue weighted by molar-refractivity contribution is 5.73. The van der Waals surface area contributed by atoms with Gasteiger partial charge >= 0.3 is 0 Å². The van der Waals surface area contributed by atoms with Crippen LogP contribution in [-0.2, 0) is 11.3 Å². The van der Waals surface area contributed by atoms with Crippen molar-refractivity contribution < 1.29 is 4.79 Å². The predicted molar refractivity (Wildman–Crippen MR) is 109 cm³/mol. The highest BCUT2D eigenvalue weighted by atomic mass is 16.2. The minimum Gasteiger partial charge on any atom is -0.340 e. The molecule has 1 fully saturated rings. The summed E-state index contributed by atoms with van der Waals surface area (Å²) in [6, 6.07) is 13.1. The monoisotopic (exact) mass is 365 g/mol. The Hall–Kier alpha value is -2.20. The average Bonchev–Trinajstić information content (AvgIpc) is 3.02. The molecule has 0 saturated carbocycles. The van der Waals surface area contributed by atoms with Gasteiger partial charge in [-0.25, -0.2) is 0 Å². The van der Waals surface area contributed by atoms with Crippen LogP contribution >= 0.6 is 0 Å². The van der Waals surface area contributed by atoms with E-state index in [1.807, 2.05) is 17.3 Å². The van der Waals surface area contributed by atoms with Crippen LogP contribution < -0.4 is 0 Å². The van der Waals surface area contributed by atoms with Crippen LogP contribution in [0.4, 0.5) is 0 Å². The number of aromatic nitrogens is 1. The van der Waals surface area contributed by atoms with Gasteiger partial charge in [0.15, 0.2) is 0 Å². The molecule has 1 amide bonds. The summed E-state index contributed by atoms with van der Waals surface area (Å²) < 4.78 is 0. The maximum Gasteiger partial charge on any atom is 0.219 e. The van der Waals surface area contributed by atoms with E-state index in [0.29, 0.717) is 11.8 Å². The van der Waals surface area contributed by atoms with Gasteiger partial charge in [-0.2, -0.15) is 0 Å². The lowest BCUT2D eigenvalue weighted by Gasteiger charge is -2.31. The van der Waals surface area contributed by atoms with Gasteiger partial charge in [0.25, 0.3) is 0 Å². The van der Waals surface area contributed by atoms with Gasteiger partial charge < -0.3 is 4.90 Å². The van der Waals surface area contributed by atoms with Gasteiger partial charge in [-0.1, -0.05) is 24.3 Å². The fraction of sp³-hybridized carbons (Fsp3) is 0.478. The van der Waals surface area contributed by atoms with E-state index in [2.05, 4.69) is 67.1 Å². The molecule has 1 saturated heterocycles. The second-order valence-electron chi connectivity index (χ2n) is 8.04. The van der Waals surface area contributed by atoms with E-state index in [9.17, 15) is 4.79 Å². The second-order valence-corrected chi connectivity index (χ2v) is 8.04. The van der Waals surface area contributed by atoms with Gasteiger partial charge in [0, 0.05) is 57.5 Å². The van der Waals surface area contributed by atoms with Crippen LogP contribution in [0.15, 0.2) is 48.8 Å². The van der Waals surface area contributed by atoms with Gasteiger partial charge in [0.2, 0.25) is 5.91 Å². The summed E-state index contributed by atoms with van der Waals surface area (Å²) in [4.78, 5) is 20.8. The molecule has 1 aliphatic rings. The summed E-state index contributed by atoms with van der Waals surface area (Å²) >= 11 is 0. The van der Waals surface area contributed by atoms with Crippen LogP contribution in [0.25, 0.3) is 0 Å². The number of nitrogens with zero attached hydrogens (tertiary/aromatic N) is 3. The van der Waals surface area contributed by atoms with E-state index in [4.69, 9.17) is 0 Å². The molecule has 3 rings (SSSR count). The molecule has 4 nitrogen and oxygen atoms in total. The lowest BCUT2D eigenvalue weighted by molar-refractivity contribution is -0.131. The highest BCUT2D eigenvalue weighted by Crippen LogP contribution is 2.36. The van der Waals surface area contributed by atoms with Crippen LogP contribution in [-0.4, -0.2) is 46.4 Å². The van der Waals surface area contributed by atoms with Crippen LogP contribution in [0.2, 0.25) is 0 Å². The summed E-state index contributed by atoms with van der Waals surface area (Å²) in [7, 11) is 0. The third-order valence-corrected chi connectivity index (χ3v) is 5.72. The fourth-order valence-electron chi connectivity index (χ4n) is 4.33. The first-order chi connectivity index (χ1) is 13.0. The van der Waals surface area contributed by atoms with Crippen LogP contribution in [0.3, 0.4) is 0 Å². The van der Waals surface area contributed by atoms with Crippen molar-refractivity contribution in [3.05, 3.63) is 65.5 Å². The zero-order chi connectivity index (χ0) is 19.4. The Kier molecular flexibility index (Phi) is 6.27. The Labute approximate surface area is 163 Å². The van der Waals surface area contributed by atoms with Crippen molar-refractivity contribution in [1.29, 1.82) is 0 Å². The van der Waals surface area contributed by atoms with Gasteiger partial charge in [0.1, 0.15) is 0 Å². The first kappa shape index (κ1) is 19.6. The number of likely N-dealkylation sites (tertiary alicyclic amines) is 1. The topological polar surface area (TPSA) is 36.4 Å². The smallest absolute Gasteiger partial charge is 0.219 e. The van der Waals surface area contributed by atoms with Crippen LogP contribution in [0.5, 0.6) is 0 Å². The first-order valence-corrected chi connectivity index (χ1v) is 9.89. The largest absolute Gasteiger partial charge is 0.340 e. The molecule has 1 aromatic heterocycles. The zero-order valence-electron chi connectivity index (χ0n) is 16.9. The molecule has 0 aliphatic carbocycles. The molecule has 0 N–H and O–H groups in total. The molecule has 4 heteroatoms. The fourth-order valence-corrected chi connectivity index (χ4v) is 4.33. The van der Waals surface area contributed by atoms with Crippen molar-refractivity contribution in [2.45, 2.75) is 46.2 Å².